The molecule has 3 heterocycles. The first-order valence-electron chi connectivity index (χ1n) is 11.9. The quantitative estimate of drug-likeness (QED) is 0.313. The Balaban J connectivity index is 0.00000363. The van der Waals surface area contributed by atoms with Gasteiger partial charge in [-0.2, -0.15) is 4.98 Å². The first-order valence-corrected chi connectivity index (χ1v) is 11.9. The lowest BCUT2D eigenvalue weighted by molar-refractivity contribution is -0.156. The number of rotatable bonds is 14. The van der Waals surface area contributed by atoms with Gasteiger partial charge in [0.05, 0.1) is 6.61 Å². The lowest BCUT2D eigenvalue weighted by Crippen LogP contribution is -2.39. The number of aromatic nitrogens is 2. The highest BCUT2D eigenvalue weighted by Gasteiger charge is 2.53. The van der Waals surface area contributed by atoms with Crippen molar-refractivity contribution < 1.29 is 24.1 Å². The molecular formula is C23H38ClN3O5. The fourth-order valence-electron chi connectivity index (χ4n) is 4.31. The average molecular weight is 472 g/mol. The Morgan fingerprint density at radius 1 is 1.12 bits per heavy atom. The Bertz CT molecular complexity index is 759. The van der Waals surface area contributed by atoms with Crippen molar-refractivity contribution in [2.45, 2.75) is 109 Å². The van der Waals surface area contributed by atoms with Gasteiger partial charge in [-0.1, -0.05) is 71.1 Å². The Morgan fingerprint density at radius 2 is 1.75 bits per heavy atom. The summed E-state index contributed by atoms with van der Waals surface area (Å²) in [4.78, 5) is 16.4. The van der Waals surface area contributed by atoms with Gasteiger partial charge in [0, 0.05) is 12.6 Å². The highest BCUT2D eigenvalue weighted by Crippen LogP contribution is 2.40. The van der Waals surface area contributed by atoms with Crippen LogP contribution in [-0.4, -0.2) is 45.5 Å². The lowest BCUT2D eigenvalue weighted by Gasteiger charge is -2.20. The van der Waals surface area contributed by atoms with Gasteiger partial charge < -0.3 is 19.3 Å². The van der Waals surface area contributed by atoms with Crippen LogP contribution in [0.3, 0.4) is 0 Å². The van der Waals surface area contributed by atoms with Crippen LogP contribution in [0, 0.1) is 5.41 Å². The van der Waals surface area contributed by atoms with E-state index < -0.39 is 24.5 Å². The zero-order valence-corrected chi connectivity index (χ0v) is 19.9. The number of halogens is 1. The maximum Gasteiger partial charge on any atom is 0.306 e. The van der Waals surface area contributed by atoms with Crippen LogP contribution in [0.25, 0.3) is 0 Å². The molecular weight excluding hydrogens is 434 g/mol. The molecule has 1 aromatic rings. The van der Waals surface area contributed by atoms with Crippen LogP contribution >= 0.6 is 12.4 Å². The van der Waals surface area contributed by atoms with E-state index in [1.165, 1.54) is 51.4 Å². The molecule has 9 heteroatoms. The van der Waals surface area contributed by atoms with E-state index in [2.05, 4.69) is 11.9 Å². The Morgan fingerprint density at radius 3 is 2.38 bits per heavy atom. The number of fused-ring (bicyclic) bond motifs is 3. The number of hydrogen-bond acceptors (Lipinski definition) is 7. The number of esters is 1. The van der Waals surface area contributed by atoms with Crippen molar-refractivity contribution in [1.82, 2.24) is 9.55 Å². The van der Waals surface area contributed by atoms with Crippen LogP contribution in [0.2, 0.25) is 0 Å². The largest absolute Gasteiger partial charge is 0.455 e. The third-order valence-electron chi connectivity index (χ3n) is 6.06. The normalized spacial score (nSPS) is 23.2. The van der Waals surface area contributed by atoms with Gasteiger partial charge in [0.2, 0.25) is 0 Å². The molecule has 4 atom stereocenters. The Labute approximate surface area is 196 Å². The topological polar surface area (TPSA) is 107 Å². The number of ether oxygens (including phenoxy) is 3. The molecule has 1 fully saturated rings. The fraction of sp³-hybridized carbons (Fsp3) is 0.783. The second-order valence-electron chi connectivity index (χ2n) is 8.57. The molecule has 182 valence electrons. The number of aliphatic hydroxyl groups excluding tert-OH is 1. The monoisotopic (exact) mass is 471 g/mol. The molecule has 0 radical (unpaired) electrons. The molecule has 32 heavy (non-hydrogen) atoms. The standard InChI is InChI=1S/C23H37N3O5.ClH/c1-2-3-4-5-6-7-8-9-10-11-12-13-19(28)30-20-17(16-27)29-22-21(20)31-23-25-18(24)14-15-26(22)23;/h14-15,17,20-22,24,27H,2-13,16H2,1H3;1H/t17-,20-,21+,22-;/m1./s1. The first-order chi connectivity index (χ1) is 15.1. The highest BCUT2D eigenvalue weighted by molar-refractivity contribution is 5.85. The summed E-state index contributed by atoms with van der Waals surface area (Å²) >= 11 is 0. The predicted molar refractivity (Wildman–Crippen MR) is 122 cm³/mol. The zero-order chi connectivity index (χ0) is 22.1. The van der Waals surface area contributed by atoms with E-state index >= 15 is 0 Å². The number of nitrogens with zero attached hydrogens (tertiary/aromatic N) is 2. The third kappa shape index (κ3) is 7.18. The van der Waals surface area contributed by atoms with Crippen molar-refractivity contribution >= 4 is 18.4 Å². The average Bonchev–Trinajstić information content (AvgIpc) is 3.27. The van der Waals surface area contributed by atoms with Gasteiger partial charge in [0.15, 0.2) is 23.9 Å². The van der Waals surface area contributed by atoms with Crippen molar-refractivity contribution in [2.24, 2.45) is 0 Å². The summed E-state index contributed by atoms with van der Waals surface area (Å²) in [6, 6.07) is 1.81. The molecule has 2 aliphatic heterocycles. The van der Waals surface area contributed by atoms with Crippen molar-refractivity contribution in [1.29, 1.82) is 5.41 Å². The molecule has 0 saturated carbocycles. The van der Waals surface area contributed by atoms with Crippen LogP contribution in [0.1, 0.15) is 90.2 Å². The van der Waals surface area contributed by atoms with Crippen LogP contribution < -0.4 is 10.2 Å². The number of aliphatic hydroxyl groups is 1. The van der Waals surface area contributed by atoms with Crippen LogP contribution in [0.4, 0.5) is 0 Å². The smallest absolute Gasteiger partial charge is 0.306 e. The van der Waals surface area contributed by atoms with Crippen molar-refractivity contribution in [3.05, 3.63) is 17.8 Å². The molecule has 0 amide bonds. The maximum atomic E-state index is 12.4. The number of unbranched alkanes of at least 4 members (excludes halogenated alkanes) is 10. The van der Waals surface area contributed by atoms with Gasteiger partial charge in [-0.15, -0.1) is 12.4 Å². The van der Waals surface area contributed by atoms with E-state index in [1.54, 1.807) is 16.8 Å². The second-order valence-corrected chi connectivity index (χ2v) is 8.57. The molecule has 3 rings (SSSR count). The lowest BCUT2D eigenvalue weighted by atomic mass is 10.1. The van der Waals surface area contributed by atoms with Gasteiger partial charge in [0.1, 0.15) is 6.10 Å². The van der Waals surface area contributed by atoms with Crippen LogP contribution in [0.5, 0.6) is 6.01 Å². The third-order valence-corrected chi connectivity index (χ3v) is 6.06. The Hall–Kier alpha value is -1.64. The first kappa shape index (κ1) is 26.6. The van der Waals surface area contributed by atoms with E-state index in [9.17, 15) is 9.90 Å². The summed E-state index contributed by atoms with van der Waals surface area (Å²) in [6.07, 6.45) is 13.1. The van der Waals surface area contributed by atoms with Gasteiger partial charge in [-0.25, -0.2) is 0 Å². The molecule has 0 unspecified atom stereocenters. The second kappa shape index (κ2) is 13.8. The predicted octanol–water partition coefficient (Wildman–Crippen LogP) is 4.05. The van der Waals surface area contributed by atoms with E-state index in [1.807, 2.05) is 0 Å². The number of nitrogens with one attached hydrogen (secondary N) is 1. The summed E-state index contributed by atoms with van der Waals surface area (Å²) in [5.74, 6) is -0.290. The zero-order valence-electron chi connectivity index (χ0n) is 19.0. The highest BCUT2D eigenvalue weighted by atomic mass is 35.5. The summed E-state index contributed by atoms with van der Waals surface area (Å²) in [6.45, 7) is 1.98. The molecule has 2 aliphatic rings. The molecule has 0 spiro atoms. The van der Waals surface area contributed by atoms with Gasteiger partial charge in [-0.05, 0) is 12.5 Å². The number of carbonyl (C=O) groups is 1. The SMILES string of the molecule is CCCCCCCCCCCCCC(=O)O[C@H]1[C@@H]2Oc3nc(=N)ccn3[C@@H]2O[C@@H]1CO.Cl. The van der Waals surface area contributed by atoms with Crippen molar-refractivity contribution in [3.63, 3.8) is 0 Å². The minimum atomic E-state index is -0.689. The number of hydrogen-bond donors (Lipinski definition) is 2. The summed E-state index contributed by atoms with van der Waals surface area (Å²) in [7, 11) is 0. The summed E-state index contributed by atoms with van der Waals surface area (Å²) < 4.78 is 18.9. The van der Waals surface area contributed by atoms with E-state index in [4.69, 9.17) is 19.6 Å². The molecule has 1 saturated heterocycles. The van der Waals surface area contributed by atoms with E-state index in [-0.39, 0.29) is 36.5 Å². The molecule has 2 N–H and O–H groups in total. The minimum absolute atomic E-state index is 0. The van der Waals surface area contributed by atoms with E-state index in [0.29, 0.717) is 6.42 Å². The Kier molecular flexibility index (Phi) is 11.5. The van der Waals surface area contributed by atoms with Gasteiger partial charge >= 0.3 is 12.0 Å². The van der Waals surface area contributed by atoms with Gasteiger partial charge in [0.25, 0.3) is 0 Å². The molecule has 1 aromatic heterocycles. The van der Waals surface area contributed by atoms with E-state index in [0.717, 1.165) is 19.3 Å². The van der Waals surface area contributed by atoms with Crippen molar-refractivity contribution in [2.75, 3.05) is 6.61 Å². The summed E-state index contributed by atoms with van der Waals surface area (Å²) in [5.41, 5.74) is 0.0926. The minimum Gasteiger partial charge on any atom is -0.455 e. The van der Waals surface area contributed by atoms with Gasteiger partial charge in [-0.3, -0.25) is 14.8 Å². The molecule has 0 bridgehead atoms. The molecule has 0 aromatic carbocycles. The maximum absolute atomic E-state index is 12.4. The molecule has 8 nitrogen and oxygen atoms in total. The van der Waals surface area contributed by atoms with Crippen molar-refractivity contribution in [3.8, 4) is 6.01 Å². The number of carbonyl (C=O) groups excluding carboxylic acids is 1. The van der Waals surface area contributed by atoms with Crippen LogP contribution in [-0.2, 0) is 14.3 Å². The fourth-order valence-corrected chi connectivity index (χ4v) is 4.31. The summed E-state index contributed by atoms with van der Waals surface area (Å²) in [5, 5.41) is 17.3. The van der Waals surface area contributed by atoms with Crippen LogP contribution in [0.15, 0.2) is 12.3 Å². The molecule has 0 aliphatic carbocycles.